The smallest absolute Gasteiger partial charge is 0.229 e. The minimum Gasteiger partial charge on any atom is -0.365 e. The van der Waals surface area contributed by atoms with Crippen molar-refractivity contribution in [2.75, 3.05) is 16.3 Å². The lowest BCUT2D eigenvalue weighted by molar-refractivity contribution is 0.607. The third kappa shape index (κ3) is 3.91. The number of hydrogen-bond donors (Lipinski definition) is 3. The van der Waals surface area contributed by atoms with Gasteiger partial charge in [-0.25, -0.2) is 13.4 Å². The maximum absolute atomic E-state index is 11.2. The molecular weight excluding hydrogens is 338 g/mol. The van der Waals surface area contributed by atoms with Gasteiger partial charge in [0.05, 0.1) is 11.6 Å². The Kier molecular flexibility index (Phi) is 4.10. The zero-order valence-corrected chi connectivity index (χ0v) is 13.7. The van der Waals surface area contributed by atoms with Gasteiger partial charge < -0.3 is 10.3 Å². The number of fused-ring (bicyclic) bond motifs is 1. The van der Waals surface area contributed by atoms with Gasteiger partial charge in [0.15, 0.2) is 0 Å². The molecule has 0 saturated carbocycles. The van der Waals surface area contributed by atoms with Crippen LogP contribution in [0.5, 0.6) is 0 Å². The predicted molar refractivity (Wildman–Crippen MR) is 91.1 cm³/mol. The van der Waals surface area contributed by atoms with Crippen molar-refractivity contribution in [2.45, 2.75) is 6.54 Å². The highest BCUT2D eigenvalue weighted by molar-refractivity contribution is 7.92. The Hall–Kier alpha value is -2.32. The van der Waals surface area contributed by atoms with Crippen LogP contribution >= 0.6 is 11.6 Å². The highest BCUT2D eigenvalue weighted by Crippen LogP contribution is 2.21. The van der Waals surface area contributed by atoms with Gasteiger partial charge in [0.25, 0.3) is 0 Å². The van der Waals surface area contributed by atoms with E-state index in [4.69, 9.17) is 11.6 Å². The standard InChI is InChI=1S/C14H14ClN5O2S/c1-23(21,22)20-10-4-2-9(3-5-10)8-17-13-11-6-7-16-12(11)18-14(15)19-13/h2-7,20H,8H2,1H3,(H2,16,17,18,19). The molecule has 3 N–H and O–H groups in total. The number of nitrogens with zero attached hydrogens (tertiary/aromatic N) is 2. The third-order valence-corrected chi connectivity index (χ3v) is 3.88. The van der Waals surface area contributed by atoms with E-state index in [1.165, 1.54) is 0 Å². The van der Waals surface area contributed by atoms with Crippen LogP contribution in [0, 0.1) is 0 Å². The van der Waals surface area contributed by atoms with Gasteiger partial charge in [-0.05, 0) is 35.4 Å². The van der Waals surface area contributed by atoms with Gasteiger partial charge in [-0.15, -0.1) is 0 Å². The van der Waals surface area contributed by atoms with Gasteiger partial charge >= 0.3 is 0 Å². The van der Waals surface area contributed by atoms with Crippen LogP contribution in [0.1, 0.15) is 5.56 Å². The molecule has 120 valence electrons. The summed E-state index contributed by atoms with van der Waals surface area (Å²) < 4.78 is 24.8. The van der Waals surface area contributed by atoms with Crippen LogP contribution in [0.15, 0.2) is 36.5 Å². The molecule has 23 heavy (non-hydrogen) atoms. The molecule has 2 heterocycles. The van der Waals surface area contributed by atoms with Crippen molar-refractivity contribution in [1.29, 1.82) is 0 Å². The summed E-state index contributed by atoms with van der Waals surface area (Å²) in [5, 5.41) is 4.22. The fraction of sp³-hybridized carbons (Fsp3) is 0.143. The second kappa shape index (κ2) is 6.05. The molecule has 2 aromatic heterocycles. The van der Waals surface area contributed by atoms with Crippen molar-refractivity contribution in [3.05, 3.63) is 47.4 Å². The first-order valence-corrected chi connectivity index (χ1v) is 8.99. The summed E-state index contributed by atoms with van der Waals surface area (Å²) in [6.45, 7) is 0.521. The van der Waals surface area contributed by atoms with Gasteiger partial charge in [-0.3, -0.25) is 4.72 Å². The molecule has 1 aromatic carbocycles. The summed E-state index contributed by atoms with van der Waals surface area (Å²) in [4.78, 5) is 11.3. The van der Waals surface area contributed by atoms with Gasteiger partial charge in [-0.1, -0.05) is 12.1 Å². The maximum Gasteiger partial charge on any atom is 0.229 e. The summed E-state index contributed by atoms with van der Waals surface area (Å²) >= 11 is 5.90. The molecular formula is C14H14ClN5O2S. The Morgan fingerprint density at radius 2 is 1.91 bits per heavy atom. The van der Waals surface area contributed by atoms with Crippen LogP contribution < -0.4 is 10.0 Å². The zero-order valence-electron chi connectivity index (χ0n) is 12.2. The number of benzene rings is 1. The number of halogens is 1. The fourth-order valence-electron chi connectivity index (χ4n) is 2.14. The van der Waals surface area contributed by atoms with Crippen molar-refractivity contribution in [3.63, 3.8) is 0 Å². The predicted octanol–water partition coefficient (Wildman–Crippen LogP) is 2.59. The van der Waals surface area contributed by atoms with Gasteiger partial charge in [0, 0.05) is 18.4 Å². The fourth-order valence-corrected chi connectivity index (χ4v) is 2.87. The maximum atomic E-state index is 11.2. The van der Waals surface area contributed by atoms with Crippen LogP contribution in [0.4, 0.5) is 11.5 Å². The molecule has 0 atom stereocenters. The molecule has 3 rings (SSSR count). The number of rotatable bonds is 5. The largest absolute Gasteiger partial charge is 0.365 e. The number of H-pyrrole nitrogens is 1. The summed E-state index contributed by atoms with van der Waals surface area (Å²) in [7, 11) is -3.27. The third-order valence-electron chi connectivity index (χ3n) is 3.11. The number of aromatic nitrogens is 3. The van der Waals surface area contributed by atoms with Crippen LogP contribution in [-0.4, -0.2) is 29.6 Å². The number of sulfonamides is 1. The number of nitrogens with one attached hydrogen (secondary N) is 3. The first-order chi connectivity index (χ1) is 10.9. The topological polar surface area (TPSA) is 99.8 Å². The van der Waals surface area contributed by atoms with Crippen LogP contribution in [0.3, 0.4) is 0 Å². The molecule has 0 spiro atoms. The zero-order chi connectivity index (χ0) is 16.4. The van der Waals surface area contributed by atoms with Crippen LogP contribution in [0.25, 0.3) is 11.0 Å². The molecule has 0 radical (unpaired) electrons. The van der Waals surface area contributed by atoms with Gasteiger partial charge in [0.1, 0.15) is 11.5 Å². The number of aromatic amines is 1. The lowest BCUT2D eigenvalue weighted by atomic mass is 10.2. The van der Waals surface area contributed by atoms with Crippen molar-refractivity contribution < 1.29 is 8.42 Å². The van der Waals surface area contributed by atoms with E-state index in [1.807, 2.05) is 18.2 Å². The summed E-state index contributed by atoms with van der Waals surface area (Å²) in [5.74, 6) is 0.639. The number of hydrogen-bond acceptors (Lipinski definition) is 5. The molecule has 0 aliphatic heterocycles. The lowest BCUT2D eigenvalue weighted by Crippen LogP contribution is -2.09. The van der Waals surface area contributed by atoms with Gasteiger partial charge in [-0.2, -0.15) is 4.98 Å². The van der Waals surface area contributed by atoms with E-state index in [0.717, 1.165) is 17.2 Å². The Morgan fingerprint density at radius 3 is 2.61 bits per heavy atom. The van der Waals surface area contributed by atoms with Crippen molar-refractivity contribution in [1.82, 2.24) is 15.0 Å². The SMILES string of the molecule is CS(=O)(=O)Nc1ccc(CNc2nc(Cl)nc3[nH]ccc23)cc1. The van der Waals surface area contributed by atoms with Crippen LogP contribution in [-0.2, 0) is 16.6 Å². The first-order valence-electron chi connectivity index (χ1n) is 6.72. The van der Waals surface area contributed by atoms with E-state index >= 15 is 0 Å². The van der Waals surface area contributed by atoms with Crippen molar-refractivity contribution in [2.24, 2.45) is 0 Å². The summed E-state index contributed by atoms with van der Waals surface area (Å²) in [6, 6.07) is 8.94. The molecule has 0 bridgehead atoms. The van der Waals surface area contributed by atoms with E-state index < -0.39 is 10.0 Å². The van der Waals surface area contributed by atoms with Crippen molar-refractivity contribution >= 4 is 44.2 Å². The van der Waals surface area contributed by atoms with E-state index in [-0.39, 0.29) is 5.28 Å². The highest BCUT2D eigenvalue weighted by Gasteiger charge is 2.07. The molecule has 7 nitrogen and oxygen atoms in total. The van der Waals surface area contributed by atoms with Crippen molar-refractivity contribution in [3.8, 4) is 0 Å². The Morgan fingerprint density at radius 1 is 1.17 bits per heavy atom. The average molecular weight is 352 g/mol. The average Bonchev–Trinajstić information content (AvgIpc) is 2.92. The quantitative estimate of drug-likeness (QED) is 0.613. The monoisotopic (exact) mass is 351 g/mol. The highest BCUT2D eigenvalue weighted by atomic mass is 35.5. The van der Waals surface area contributed by atoms with Crippen LogP contribution in [0.2, 0.25) is 5.28 Å². The molecule has 0 saturated heterocycles. The minimum absolute atomic E-state index is 0.162. The summed E-state index contributed by atoms with van der Waals surface area (Å²) in [6.07, 6.45) is 2.88. The molecule has 0 unspecified atom stereocenters. The first kappa shape index (κ1) is 15.6. The Bertz CT molecular complexity index is 937. The van der Waals surface area contributed by atoms with E-state index in [2.05, 4.69) is 25.0 Å². The molecule has 0 amide bonds. The second-order valence-corrected chi connectivity index (χ2v) is 7.09. The normalized spacial score (nSPS) is 11.6. The Balaban J connectivity index is 1.74. The van der Waals surface area contributed by atoms with Gasteiger partial charge in [0.2, 0.25) is 15.3 Å². The van der Waals surface area contributed by atoms with E-state index in [9.17, 15) is 8.42 Å². The summed E-state index contributed by atoms with van der Waals surface area (Å²) in [5.41, 5.74) is 2.16. The molecule has 0 aliphatic carbocycles. The molecule has 0 aliphatic rings. The Labute approximate surface area is 138 Å². The molecule has 9 heteroatoms. The van der Waals surface area contributed by atoms with E-state index in [1.54, 1.807) is 18.3 Å². The van der Waals surface area contributed by atoms with E-state index in [0.29, 0.717) is 23.7 Å². The molecule has 3 aromatic rings. The minimum atomic E-state index is -3.27. The molecule has 0 fully saturated rings. The second-order valence-electron chi connectivity index (χ2n) is 5.01. The number of anilines is 2. The lowest BCUT2D eigenvalue weighted by Gasteiger charge is -2.08.